The predicted molar refractivity (Wildman–Crippen MR) is 98.8 cm³/mol. The first kappa shape index (κ1) is 17.5. The summed E-state index contributed by atoms with van der Waals surface area (Å²) in [4.78, 5) is 20.9. The third-order valence-electron chi connectivity index (χ3n) is 3.79. The van der Waals surface area contributed by atoms with E-state index in [0.29, 0.717) is 17.2 Å². The lowest BCUT2D eigenvalue weighted by atomic mass is 10.2. The molecule has 0 bridgehead atoms. The van der Waals surface area contributed by atoms with Gasteiger partial charge in [0.1, 0.15) is 11.5 Å². The molecule has 0 atom stereocenters. The Morgan fingerprint density at radius 3 is 2.50 bits per heavy atom. The van der Waals surface area contributed by atoms with Gasteiger partial charge in [-0.2, -0.15) is 0 Å². The second kappa shape index (κ2) is 7.74. The smallest absolute Gasteiger partial charge is 0.270 e. The first-order valence-electron chi connectivity index (χ1n) is 8.22. The Balaban J connectivity index is 1.73. The summed E-state index contributed by atoms with van der Waals surface area (Å²) >= 11 is 0. The maximum absolute atomic E-state index is 13.7. The maximum atomic E-state index is 13.7. The number of aromatic nitrogens is 2. The molecule has 0 saturated heterocycles. The lowest BCUT2D eigenvalue weighted by Crippen LogP contribution is -2.25. The normalized spacial score (nSPS) is 10.4. The van der Waals surface area contributed by atoms with Gasteiger partial charge in [0.05, 0.1) is 0 Å². The van der Waals surface area contributed by atoms with Gasteiger partial charge in [-0.3, -0.25) is 4.79 Å². The van der Waals surface area contributed by atoms with Crippen LogP contribution in [0.2, 0.25) is 0 Å². The van der Waals surface area contributed by atoms with E-state index in [1.54, 1.807) is 31.2 Å². The number of nitrogens with zero attached hydrogens (tertiary/aromatic N) is 2. The van der Waals surface area contributed by atoms with E-state index in [1.807, 2.05) is 31.2 Å². The Hall–Kier alpha value is -3.28. The number of halogens is 1. The van der Waals surface area contributed by atoms with Crippen LogP contribution >= 0.6 is 0 Å². The van der Waals surface area contributed by atoms with Gasteiger partial charge in [-0.25, -0.2) is 14.4 Å². The highest BCUT2D eigenvalue weighted by molar-refractivity contribution is 5.92. The average molecular weight is 350 g/mol. The fourth-order valence-corrected chi connectivity index (χ4v) is 2.41. The molecule has 0 aliphatic carbocycles. The van der Waals surface area contributed by atoms with E-state index >= 15 is 0 Å². The van der Waals surface area contributed by atoms with E-state index in [4.69, 9.17) is 0 Å². The highest BCUT2D eigenvalue weighted by Crippen LogP contribution is 2.15. The van der Waals surface area contributed by atoms with E-state index < -0.39 is 0 Å². The maximum Gasteiger partial charge on any atom is 0.270 e. The molecule has 0 aliphatic rings. The second-order valence-corrected chi connectivity index (χ2v) is 5.98. The van der Waals surface area contributed by atoms with Crippen molar-refractivity contribution in [3.05, 3.63) is 82.9 Å². The van der Waals surface area contributed by atoms with E-state index in [-0.39, 0.29) is 24.0 Å². The van der Waals surface area contributed by atoms with Crippen molar-refractivity contribution in [3.8, 4) is 0 Å². The Morgan fingerprint density at radius 1 is 1.04 bits per heavy atom. The Labute approximate surface area is 151 Å². The number of nitrogens with one attached hydrogen (secondary N) is 2. The highest BCUT2D eigenvalue weighted by Gasteiger charge is 2.11. The minimum absolute atomic E-state index is 0.0925. The average Bonchev–Trinajstić information content (AvgIpc) is 2.62. The molecule has 1 heterocycles. The van der Waals surface area contributed by atoms with Crippen LogP contribution in [-0.2, 0) is 6.54 Å². The molecule has 1 amide bonds. The second-order valence-electron chi connectivity index (χ2n) is 5.98. The van der Waals surface area contributed by atoms with E-state index in [1.165, 1.54) is 6.07 Å². The van der Waals surface area contributed by atoms with Gasteiger partial charge in [0.15, 0.2) is 0 Å². The molecule has 3 aromatic rings. The van der Waals surface area contributed by atoms with E-state index in [2.05, 4.69) is 20.6 Å². The molecule has 0 unspecified atom stereocenters. The van der Waals surface area contributed by atoms with Crippen molar-refractivity contribution in [1.29, 1.82) is 0 Å². The molecule has 3 rings (SSSR count). The number of benzene rings is 2. The monoisotopic (exact) mass is 350 g/mol. The largest absolute Gasteiger partial charge is 0.347 e. The first-order valence-corrected chi connectivity index (χ1v) is 8.22. The molecule has 0 fully saturated rings. The molecule has 6 heteroatoms. The quantitative estimate of drug-likeness (QED) is 0.732. The Kier molecular flexibility index (Phi) is 5.22. The van der Waals surface area contributed by atoms with Gasteiger partial charge in [0.2, 0.25) is 5.95 Å². The summed E-state index contributed by atoms with van der Waals surface area (Å²) in [5.41, 5.74) is 3.28. The molecule has 26 heavy (non-hydrogen) atoms. The van der Waals surface area contributed by atoms with Gasteiger partial charge in [0, 0.05) is 23.5 Å². The summed E-state index contributed by atoms with van der Waals surface area (Å²) in [6.45, 7) is 3.88. The number of carbonyl (C=O) groups excluding carboxylic acids is 1. The summed E-state index contributed by atoms with van der Waals surface area (Å²) in [5.74, 6) is -0.399. The highest BCUT2D eigenvalue weighted by atomic mass is 19.1. The summed E-state index contributed by atoms with van der Waals surface area (Å²) in [6.07, 6.45) is 0. The summed E-state index contributed by atoms with van der Waals surface area (Å²) in [6, 6.07) is 15.7. The zero-order valence-corrected chi connectivity index (χ0v) is 14.6. The van der Waals surface area contributed by atoms with Crippen molar-refractivity contribution < 1.29 is 9.18 Å². The summed E-state index contributed by atoms with van der Waals surface area (Å²) in [5, 5.41) is 5.77. The molecular formula is C20H19FN4O. The van der Waals surface area contributed by atoms with Crippen molar-refractivity contribution in [3.63, 3.8) is 0 Å². The Morgan fingerprint density at radius 2 is 1.77 bits per heavy atom. The van der Waals surface area contributed by atoms with Crippen LogP contribution < -0.4 is 10.6 Å². The van der Waals surface area contributed by atoms with Crippen molar-refractivity contribution in [2.24, 2.45) is 0 Å². The Bertz CT molecular complexity index is 925. The molecule has 5 nitrogen and oxygen atoms in total. The number of amides is 1. The van der Waals surface area contributed by atoms with Gasteiger partial charge in [0.25, 0.3) is 5.91 Å². The minimum atomic E-state index is -0.384. The number of hydrogen-bond donors (Lipinski definition) is 2. The fraction of sp³-hybridized carbons (Fsp3) is 0.150. The fourth-order valence-electron chi connectivity index (χ4n) is 2.41. The van der Waals surface area contributed by atoms with E-state index in [9.17, 15) is 9.18 Å². The van der Waals surface area contributed by atoms with Crippen LogP contribution in [0.15, 0.2) is 54.6 Å². The number of anilines is 2. The van der Waals surface area contributed by atoms with Gasteiger partial charge >= 0.3 is 0 Å². The third-order valence-corrected chi connectivity index (χ3v) is 3.79. The lowest BCUT2D eigenvalue weighted by molar-refractivity contribution is 0.0945. The molecule has 2 aromatic carbocycles. The van der Waals surface area contributed by atoms with Crippen LogP contribution in [0.4, 0.5) is 16.0 Å². The number of hydrogen-bond acceptors (Lipinski definition) is 4. The standard InChI is InChI=1S/C20H19FN4O/c1-13-7-9-16(10-8-13)24-20-23-14(2)11-18(25-20)19(26)22-12-15-5-3-4-6-17(15)21/h3-11H,12H2,1-2H3,(H,22,26)(H,23,24,25). The number of rotatable bonds is 5. The van der Waals surface area contributed by atoms with Crippen LogP contribution in [0, 0.1) is 19.7 Å². The third kappa shape index (κ3) is 4.42. The molecule has 0 aliphatic heterocycles. The van der Waals surface area contributed by atoms with Crippen LogP contribution in [-0.4, -0.2) is 15.9 Å². The van der Waals surface area contributed by atoms with Gasteiger partial charge < -0.3 is 10.6 Å². The predicted octanol–water partition coefficient (Wildman–Crippen LogP) is 3.91. The zero-order valence-electron chi connectivity index (χ0n) is 14.6. The number of carbonyl (C=O) groups is 1. The van der Waals surface area contributed by atoms with Crippen molar-refractivity contribution in [2.75, 3.05) is 5.32 Å². The van der Waals surface area contributed by atoms with Gasteiger partial charge in [-0.15, -0.1) is 0 Å². The summed E-state index contributed by atoms with van der Waals surface area (Å²) in [7, 11) is 0. The van der Waals surface area contributed by atoms with Gasteiger partial charge in [-0.1, -0.05) is 35.9 Å². The van der Waals surface area contributed by atoms with Crippen molar-refractivity contribution >= 4 is 17.5 Å². The first-order chi connectivity index (χ1) is 12.5. The summed E-state index contributed by atoms with van der Waals surface area (Å²) < 4.78 is 13.7. The molecular weight excluding hydrogens is 331 g/mol. The zero-order chi connectivity index (χ0) is 18.5. The van der Waals surface area contributed by atoms with Crippen LogP contribution in [0.25, 0.3) is 0 Å². The van der Waals surface area contributed by atoms with Crippen LogP contribution in [0.5, 0.6) is 0 Å². The van der Waals surface area contributed by atoms with Crippen LogP contribution in [0.1, 0.15) is 27.3 Å². The molecule has 0 spiro atoms. The lowest BCUT2D eigenvalue weighted by Gasteiger charge is -2.09. The SMILES string of the molecule is Cc1ccc(Nc2nc(C)cc(C(=O)NCc3ccccc3F)n2)cc1. The van der Waals surface area contributed by atoms with E-state index in [0.717, 1.165) is 11.3 Å². The topological polar surface area (TPSA) is 66.9 Å². The number of aryl methyl sites for hydroxylation is 2. The molecule has 0 radical (unpaired) electrons. The molecule has 1 aromatic heterocycles. The van der Waals surface area contributed by atoms with Crippen molar-refractivity contribution in [2.45, 2.75) is 20.4 Å². The van der Waals surface area contributed by atoms with Gasteiger partial charge in [-0.05, 0) is 38.1 Å². The minimum Gasteiger partial charge on any atom is -0.347 e. The molecule has 132 valence electrons. The van der Waals surface area contributed by atoms with Crippen LogP contribution in [0.3, 0.4) is 0 Å². The molecule has 0 saturated carbocycles. The molecule has 2 N–H and O–H groups in total. The van der Waals surface area contributed by atoms with Crippen molar-refractivity contribution in [1.82, 2.24) is 15.3 Å².